The lowest BCUT2D eigenvalue weighted by Crippen LogP contribution is -1.99. The van der Waals surface area contributed by atoms with Crippen molar-refractivity contribution in [2.45, 2.75) is 33.7 Å². The van der Waals surface area contributed by atoms with Crippen molar-refractivity contribution in [1.82, 2.24) is 9.55 Å². The van der Waals surface area contributed by atoms with Crippen molar-refractivity contribution in [2.24, 2.45) is 0 Å². The standard InChI is InChI=1S/C12H15N2/c1-4-8-14-10(3)9(2)11-6-5-7-13-12(11)14/h6-7H,4,8H2,1-3H3. The van der Waals surface area contributed by atoms with Crippen LogP contribution >= 0.6 is 0 Å². The van der Waals surface area contributed by atoms with E-state index in [0.717, 1.165) is 18.6 Å². The summed E-state index contributed by atoms with van der Waals surface area (Å²) in [6, 6.07) is 5.06. The lowest BCUT2D eigenvalue weighted by atomic mass is 10.2. The first kappa shape index (κ1) is 9.25. The third-order valence-electron chi connectivity index (χ3n) is 2.78. The molecule has 2 heteroatoms. The van der Waals surface area contributed by atoms with Gasteiger partial charge in [0.05, 0.1) is 0 Å². The normalized spacial score (nSPS) is 11.1. The first-order valence-corrected chi connectivity index (χ1v) is 5.07. The monoisotopic (exact) mass is 187 g/mol. The van der Waals surface area contributed by atoms with Gasteiger partial charge in [0, 0.05) is 29.9 Å². The Hall–Kier alpha value is -1.31. The minimum Gasteiger partial charge on any atom is -0.330 e. The van der Waals surface area contributed by atoms with Gasteiger partial charge in [-0.05, 0) is 31.9 Å². The molecular formula is C12H15N2. The zero-order valence-electron chi connectivity index (χ0n) is 8.96. The van der Waals surface area contributed by atoms with E-state index in [0.29, 0.717) is 0 Å². The van der Waals surface area contributed by atoms with Crippen molar-refractivity contribution >= 4 is 11.0 Å². The Balaban J connectivity index is 2.74. The Morgan fingerprint density at radius 3 is 2.93 bits per heavy atom. The highest BCUT2D eigenvalue weighted by atomic mass is 15.0. The summed E-state index contributed by atoms with van der Waals surface area (Å²) in [5.41, 5.74) is 3.76. The molecule has 1 radical (unpaired) electrons. The van der Waals surface area contributed by atoms with Gasteiger partial charge in [-0.1, -0.05) is 6.92 Å². The largest absolute Gasteiger partial charge is 0.330 e. The molecule has 0 atom stereocenters. The molecule has 0 aliphatic rings. The number of aromatic nitrogens is 2. The molecule has 0 amide bonds. The first-order valence-electron chi connectivity index (χ1n) is 5.07. The minimum absolute atomic E-state index is 1.05. The smallest absolute Gasteiger partial charge is 0.140 e. The molecule has 0 spiro atoms. The van der Waals surface area contributed by atoms with Gasteiger partial charge < -0.3 is 4.57 Å². The fourth-order valence-electron chi connectivity index (χ4n) is 1.90. The summed E-state index contributed by atoms with van der Waals surface area (Å²) < 4.78 is 2.29. The molecule has 0 unspecified atom stereocenters. The van der Waals surface area contributed by atoms with Gasteiger partial charge >= 0.3 is 0 Å². The van der Waals surface area contributed by atoms with E-state index in [1.165, 1.54) is 16.6 Å². The van der Waals surface area contributed by atoms with Crippen LogP contribution in [0, 0.1) is 19.9 Å². The average Bonchev–Trinajstić information content (AvgIpc) is 2.45. The van der Waals surface area contributed by atoms with Crippen LogP contribution in [0.3, 0.4) is 0 Å². The van der Waals surface area contributed by atoms with E-state index in [4.69, 9.17) is 0 Å². The van der Waals surface area contributed by atoms with E-state index in [2.05, 4.69) is 36.4 Å². The van der Waals surface area contributed by atoms with Crippen LogP contribution in [-0.4, -0.2) is 9.55 Å². The molecule has 2 nitrogen and oxygen atoms in total. The molecule has 73 valence electrons. The van der Waals surface area contributed by atoms with Crippen LogP contribution in [0.15, 0.2) is 12.3 Å². The van der Waals surface area contributed by atoms with Gasteiger partial charge in [0.2, 0.25) is 0 Å². The molecule has 0 saturated heterocycles. The van der Waals surface area contributed by atoms with Crippen molar-refractivity contribution in [3.8, 4) is 0 Å². The Bertz CT molecular complexity index is 455. The Labute approximate surface area is 84.6 Å². The predicted molar refractivity (Wildman–Crippen MR) is 58.3 cm³/mol. The summed E-state index contributed by atoms with van der Waals surface area (Å²) in [6.45, 7) is 7.55. The molecule has 0 aromatic carbocycles. The maximum Gasteiger partial charge on any atom is 0.140 e. The van der Waals surface area contributed by atoms with E-state index < -0.39 is 0 Å². The van der Waals surface area contributed by atoms with Crippen molar-refractivity contribution in [1.29, 1.82) is 0 Å². The molecule has 2 heterocycles. The van der Waals surface area contributed by atoms with E-state index in [-0.39, 0.29) is 0 Å². The number of pyridine rings is 1. The number of fused-ring (bicyclic) bond motifs is 1. The van der Waals surface area contributed by atoms with Gasteiger partial charge in [-0.15, -0.1) is 0 Å². The Kier molecular flexibility index (Phi) is 2.28. The lowest BCUT2D eigenvalue weighted by molar-refractivity contribution is 0.678. The Morgan fingerprint density at radius 1 is 1.43 bits per heavy atom. The van der Waals surface area contributed by atoms with Crippen LogP contribution in [0.4, 0.5) is 0 Å². The molecule has 0 bridgehead atoms. The maximum absolute atomic E-state index is 4.39. The fraction of sp³-hybridized carbons (Fsp3) is 0.417. The van der Waals surface area contributed by atoms with Crippen LogP contribution in [0.25, 0.3) is 11.0 Å². The van der Waals surface area contributed by atoms with Gasteiger partial charge in [0.15, 0.2) is 0 Å². The fourth-order valence-corrected chi connectivity index (χ4v) is 1.90. The van der Waals surface area contributed by atoms with Crippen LogP contribution in [0.1, 0.15) is 24.6 Å². The van der Waals surface area contributed by atoms with Crippen molar-refractivity contribution < 1.29 is 0 Å². The molecule has 0 aliphatic heterocycles. The SMILES string of the molecule is CCCn1c(C)c(C)c2c[c]cnc21. The van der Waals surface area contributed by atoms with Gasteiger partial charge in [-0.25, -0.2) is 4.98 Å². The molecular weight excluding hydrogens is 172 g/mol. The van der Waals surface area contributed by atoms with E-state index >= 15 is 0 Å². The number of aryl methyl sites for hydroxylation is 2. The molecule has 0 saturated carbocycles. The number of hydrogen-bond acceptors (Lipinski definition) is 1. The second kappa shape index (κ2) is 3.45. The van der Waals surface area contributed by atoms with E-state index in [9.17, 15) is 0 Å². The van der Waals surface area contributed by atoms with E-state index in [1.807, 2.05) is 6.07 Å². The van der Waals surface area contributed by atoms with Crippen molar-refractivity contribution in [3.05, 3.63) is 29.6 Å². The summed E-state index contributed by atoms with van der Waals surface area (Å²) >= 11 is 0. The molecule has 2 aromatic heterocycles. The first-order chi connectivity index (χ1) is 6.75. The second-order valence-electron chi connectivity index (χ2n) is 3.67. The number of hydrogen-bond donors (Lipinski definition) is 0. The predicted octanol–water partition coefficient (Wildman–Crippen LogP) is 2.86. The van der Waals surface area contributed by atoms with Gasteiger partial charge in [0.25, 0.3) is 0 Å². The molecule has 0 aliphatic carbocycles. The number of rotatable bonds is 2. The molecule has 0 N–H and O–H groups in total. The van der Waals surface area contributed by atoms with Crippen LogP contribution < -0.4 is 0 Å². The lowest BCUT2D eigenvalue weighted by Gasteiger charge is -2.04. The molecule has 2 rings (SSSR count). The van der Waals surface area contributed by atoms with Crippen LogP contribution in [0.5, 0.6) is 0 Å². The summed E-state index contributed by atoms with van der Waals surface area (Å²) in [7, 11) is 0. The average molecular weight is 187 g/mol. The van der Waals surface area contributed by atoms with Crippen LogP contribution in [-0.2, 0) is 6.54 Å². The van der Waals surface area contributed by atoms with Gasteiger partial charge in [-0.2, -0.15) is 0 Å². The number of nitrogens with zero attached hydrogens (tertiary/aromatic N) is 2. The van der Waals surface area contributed by atoms with Gasteiger partial charge in [-0.3, -0.25) is 0 Å². The van der Waals surface area contributed by atoms with Crippen LogP contribution in [0.2, 0.25) is 0 Å². The topological polar surface area (TPSA) is 17.8 Å². The third kappa shape index (κ3) is 1.22. The molecule has 0 fully saturated rings. The zero-order valence-corrected chi connectivity index (χ0v) is 8.96. The zero-order chi connectivity index (χ0) is 10.1. The Morgan fingerprint density at radius 2 is 2.21 bits per heavy atom. The highest BCUT2D eigenvalue weighted by molar-refractivity contribution is 5.81. The summed E-state index contributed by atoms with van der Waals surface area (Å²) in [5, 5.41) is 1.23. The second-order valence-corrected chi connectivity index (χ2v) is 3.67. The summed E-state index contributed by atoms with van der Waals surface area (Å²) in [4.78, 5) is 4.39. The summed E-state index contributed by atoms with van der Waals surface area (Å²) in [6.07, 6.45) is 2.89. The van der Waals surface area contributed by atoms with Crippen molar-refractivity contribution in [2.75, 3.05) is 0 Å². The summed E-state index contributed by atoms with van der Waals surface area (Å²) in [5.74, 6) is 0. The highest BCUT2D eigenvalue weighted by Gasteiger charge is 2.09. The van der Waals surface area contributed by atoms with Gasteiger partial charge in [0.1, 0.15) is 5.65 Å². The molecule has 14 heavy (non-hydrogen) atoms. The van der Waals surface area contributed by atoms with E-state index in [1.54, 1.807) is 6.20 Å². The molecule has 2 aromatic rings. The minimum atomic E-state index is 1.05. The highest BCUT2D eigenvalue weighted by Crippen LogP contribution is 2.22. The maximum atomic E-state index is 4.39. The third-order valence-corrected chi connectivity index (χ3v) is 2.78. The van der Waals surface area contributed by atoms with Crippen molar-refractivity contribution in [3.63, 3.8) is 0 Å². The quantitative estimate of drug-likeness (QED) is 0.707.